The molecule has 0 bridgehead atoms. The van der Waals surface area contributed by atoms with Crippen molar-refractivity contribution in [3.8, 4) is 0 Å². The summed E-state index contributed by atoms with van der Waals surface area (Å²) in [5, 5.41) is 0. The molecule has 6 rings (SSSR count). The van der Waals surface area contributed by atoms with E-state index in [0.29, 0.717) is 15.8 Å². The summed E-state index contributed by atoms with van der Waals surface area (Å²) < 4.78 is 0. The average Bonchev–Trinajstić information content (AvgIpc) is 3.01. The Bertz CT molecular complexity index is 477. The third-order valence-corrected chi connectivity index (χ3v) is 20.1. The fourth-order valence-electron chi connectivity index (χ4n) is 10.1. The Morgan fingerprint density at radius 3 is 0.500 bits per heavy atom. The van der Waals surface area contributed by atoms with Gasteiger partial charge in [-0.3, -0.25) is 0 Å². The van der Waals surface area contributed by atoms with E-state index < -0.39 is 0 Å². The van der Waals surface area contributed by atoms with E-state index in [9.17, 15) is 0 Å². The van der Waals surface area contributed by atoms with Gasteiger partial charge in [-0.25, -0.2) is 0 Å². The third-order valence-electron chi connectivity index (χ3n) is 12.0. The Hall–Kier alpha value is 1.64. The molecule has 40 heavy (non-hydrogen) atoms. The summed E-state index contributed by atoms with van der Waals surface area (Å²) in [5.74, 6) is 0. The second-order valence-corrected chi connectivity index (χ2v) is 20.8. The second-order valence-electron chi connectivity index (χ2n) is 14.6. The first-order valence-corrected chi connectivity index (χ1v) is 21.5. The molecule has 0 aromatic rings. The molecule has 0 heterocycles. The summed E-state index contributed by atoms with van der Waals surface area (Å²) in [6, 6.07) is 0. The Morgan fingerprint density at radius 2 is 0.375 bits per heavy atom. The molecule has 0 spiro atoms. The maximum atomic E-state index is 1.61. The molecule has 0 aromatic carbocycles. The molecular weight excluding hydrogens is 588 g/mol. The van der Waals surface area contributed by atoms with Crippen molar-refractivity contribution in [2.75, 3.05) is 0 Å². The average molecular weight is 656 g/mol. The van der Waals surface area contributed by atoms with Crippen LogP contribution in [0, 0.1) is 0 Å². The van der Waals surface area contributed by atoms with Crippen LogP contribution in [0.4, 0.5) is 0 Å². The molecule has 0 unspecified atom stereocenters. The Kier molecular flexibility index (Phi) is 18.6. The fourth-order valence-corrected chi connectivity index (χ4v) is 19.4. The van der Waals surface area contributed by atoms with Crippen LogP contribution in [0.3, 0.4) is 0 Å². The van der Waals surface area contributed by atoms with Crippen LogP contribution in [0.2, 0.25) is 0 Å². The van der Waals surface area contributed by atoms with Crippen molar-refractivity contribution in [2.24, 2.45) is 0 Å². The summed E-state index contributed by atoms with van der Waals surface area (Å²) >= 11 is 0. The van der Waals surface area contributed by atoms with Crippen LogP contribution in [-0.2, 0) is 16.5 Å². The van der Waals surface area contributed by atoms with Gasteiger partial charge in [-0.15, -0.1) is 0 Å². The molecular formula is C36H67ClNiP2. The zero-order chi connectivity index (χ0) is 25.8. The van der Waals surface area contributed by atoms with Crippen LogP contribution in [0.25, 0.3) is 0 Å². The van der Waals surface area contributed by atoms with Gasteiger partial charge < -0.3 is 13.8 Å². The molecule has 6 saturated carbocycles. The molecule has 0 aromatic heterocycles. The van der Waals surface area contributed by atoms with Crippen molar-refractivity contribution >= 4 is 15.8 Å². The standard InChI is InChI=1S/2C18H33P.ClH.Ni.H/c2*1-4-10-16(11-5-1)19(17-12-6-2-7-13-17)18-14-8-3-9-15-18;;;/h2*16-18H,1-15H2;1H;;/q;;;+2;-1/p-1. The summed E-state index contributed by atoms with van der Waals surface area (Å²) in [4.78, 5) is 0. The molecule has 0 atom stereocenters. The van der Waals surface area contributed by atoms with E-state index in [0.717, 1.165) is 0 Å². The summed E-state index contributed by atoms with van der Waals surface area (Å²) in [6.07, 6.45) is 47.2. The fraction of sp³-hybridized carbons (Fsp3) is 1.00. The van der Waals surface area contributed by atoms with E-state index in [1.165, 1.54) is 72.5 Å². The molecule has 0 nitrogen and oxygen atoms in total. The largest absolute Gasteiger partial charge is 2.00 e. The first-order chi connectivity index (χ1) is 18.9. The van der Waals surface area contributed by atoms with E-state index in [-0.39, 0.29) is 30.3 Å². The molecule has 0 saturated heterocycles. The predicted octanol–water partition coefficient (Wildman–Crippen LogP) is 10.0. The predicted molar refractivity (Wildman–Crippen MR) is 176 cm³/mol. The SMILES string of the molecule is C1CCC(P(C2CCCCC2)C2CCCCC2)CC1.C1CCC(P(C2CCCCC2)C2CCCCC2)CC1.[Cl-].[H-].[Ni+2]. The van der Waals surface area contributed by atoms with E-state index in [2.05, 4.69) is 0 Å². The Labute approximate surface area is 271 Å². The first kappa shape index (κ1) is 36.1. The van der Waals surface area contributed by atoms with Crippen LogP contribution in [0.1, 0.15) is 194 Å². The van der Waals surface area contributed by atoms with Gasteiger partial charge in [-0.05, 0) is 111 Å². The van der Waals surface area contributed by atoms with Gasteiger partial charge in [0.25, 0.3) is 0 Å². The summed E-state index contributed by atoms with van der Waals surface area (Å²) in [7, 11) is 0.770. The van der Waals surface area contributed by atoms with E-state index in [1.807, 2.05) is 0 Å². The third kappa shape index (κ3) is 10.9. The van der Waals surface area contributed by atoms with Crippen LogP contribution in [0.5, 0.6) is 0 Å². The number of hydrogen-bond donors (Lipinski definition) is 0. The maximum absolute atomic E-state index is 1.61. The van der Waals surface area contributed by atoms with Gasteiger partial charge in [-0.1, -0.05) is 131 Å². The van der Waals surface area contributed by atoms with Gasteiger partial charge in [0.1, 0.15) is 0 Å². The summed E-state index contributed by atoms with van der Waals surface area (Å²) in [5.41, 5.74) is 7.14. The van der Waals surface area contributed by atoms with Gasteiger partial charge in [0, 0.05) is 0 Å². The topological polar surface area (TPSA) is 0 Å². The normalized spacial score (nSPS) is 27.4. The van der Waals surface area contributed by atoms with Crippen molar-refractivity contribution in [1.29, 1.82) is 0 Å². The molecule has 238 valence electrons. The van der Waals surface area contributed by atoms with Crippen molar-refractivity contribution in [2.45, 2.75) is 227 Å². The van der Waals surface area contributed by atoms with E-state index >= 15 is 0 Å². The first-order valence-electron chi connectivity index (χ1n) is 18.4. The van der Waals surface area contributed by atoms with Crippen LogP contribution in [-0.4, -0.2) is 34.0 Å². The minimum Gasteiger partial charge on any atom is -1.00 e. The molecule has 6 aliphatic carbocycles. The molecule has 0 aliphatic heterocycles. The Morgan fingerprint density at radius 1 is 0.250 bits per heavy atom. The molecule has 0 radical (unpaired) electrons. The Balaban J connectivity index is 0.000000267. The molecule has 4 heteroatoms. The van der Waals surface area contributed by atoms with Crippen molar-refractivity contribution < 1.29 is 30.3 Å². The minimum atomic E-state index is 0. The van der Waals surface area contributed by atoms with Crippen molar-refractivity contribution in [3.05, 3.63) is 0 Å². The van der Waals surface area contributed by atoms with Gasteiger partial charge in [0.05, 0.1) is 0 Å². The van der Waals surface area contributed by atoms with Crippen LogP contribution < -0.4 is 12.4 Å². The molecule has 6 aliphatic rings. The second kappa shape index (κ2) is 20.6. The number of hydrogen-bond acceptors (Lipinski definition) is 0. The zero-order valence-electron chi connectivity index (χ0n) is 27.3. The van der Waals surface area contributed by atoms with Gasteiger partial charge in [-0.2, -0.15) is 0 Å². The molecule has 0 amide bonds. The van der Waals surface area contributed by atoms with Crippen molar-refractivity contribution in [1.82, 2.24) is 0 Å². The maximum Gasteiger partial charge on any atom is 2.00 e. The number of rotatable bonds is 6. The van der Waals surface area contributed by atoms with Gasteiger partial charge in [0.15, 0.2) is 0 Å². The smallest absolute Gasteiger partial charge is 1.00 e. The van der Waals surface area contributed by atoms with Gasteiger partial charge >= 0.3 is 16.5 Å². The van der Waals surface area contributed by atoms with Crippen LogP contribution in [0.15, 0.2) is 0 Å². The minimum absolute atomic E-state index is 0. The quantitative estimate of drug-likeness (QED) is 0.197. The number of halogens is 1. The van der Waals surface area contributed by atoms with Crippen LogP contribution >= 0.6 is 15.8 Å². The summed E-state index contributed by atoms with van der Waals surface area (Å²) in [6.45, 7) is 0. The monoisotopic (exact) mass is 654 g/mol. The van der Waals surface area contributed by atoms with Crippen molar-refractivity contribution in [3.63, 3.8) is 0 Å². The molecule has 0 N–H and O–H groups in total. The van der Waals surface area contributed by atoms with Gasteiger partial charge in [0.2, 0.25) is 0 Å². The molecule has 6 fully saturated rings. The van der Waals surface area contributed by atoms with E-state index in [4.69, 9.17) is 0 Å². The van der Waals surface area contributed by atoms with E-state index in [1.54, 1.807) is 154 Å². The zero-order valence-corrected chi connectivity index (χ0v) is 29.8.